The molecule has 0 aliphatic carbocycles. The third-order valence-corrected chi connectivity index (χ3v) is 6.14. The number of nitrogens with zero attached hydrogens (tertiary/aromatic N) is 3. The molecule has 5 heteroatoms. The van der Waals surface area contributed by atoms with E-state index in [2.05, 4.69) is 40.2 Å². The van der Waals surface area contributed by atoms with Crippen LogP contribution in [0.4, 0.5) is 0 Å². The van der Waals surface area contributed by atoms with Crippen molar-refractivity contribution < 1.29 is 4.79 Å². The second-order valence-electron chi connectivity index (χ2n) is 7.16. The second kappa shape index (κ2) is 9.72. The zero-order valence-corrected chi connectivity index (χ0v) is 17.2. The van der Waals surface area contributed by atoms with Gasteiger partial charge in [0.15, 0.2) is 0 Å². The number of amides is 1. The van der Waals surface area contributed by atoms with Crippen LogP contribution in [0, 0.1) is 0 Å². The van der Waals surface area contributed by atoms with Crippen molar-refractivity contribution in [2.45, 2.75) is 16.3 Å². The fourth-order valence-corrected chi connectivity index (χ4v) is 4.26. The molecule has 2 heterocycles. The predicted octanol–water partition coefficient (Wildman–Crippen LogP) is 4.23. The summed E-state index contributed by atoms with van der Waals surface area (Å²) >= 11 is 1.60. The molecule has 1 saturated heterocycles. The average molecular weight is 404 g/mol. The molecule has 29 heavy (non-hydrogen) atoms. The summed E-state index contributed by atoms with van der Waals surface area (Å²) in [5, 5.41) is 0.957. The van der Waals surface area contributed by atoms with E-state index in [-0.39, 0.29) is 5.91 Å². The van der Waals surface area contributed by atoms with Gasteiger partial charge < -0.3 is 4.90 Å². The summed E-state index contributed by atoms with van der Waals surface area (Å²) < 4.78 is 0. The molecule has 4 rings (SSSR count). The lowest BCUT2D eigenvalue weighted by Crippen LogP contribution is -2.49. The predicted molar refractivity (Wildman–Crippen MR) is 117 cm³/mol. The van der Waals surface area contributed by atoms with Gasteiger partial charge in [-0.2, -0.15) is 0 Å². The first kappa shape index (κ1) is 19.7. The first-order chi connectivity index (χ1) is 14.3. The topological polar surface area (TPSA) is 36.4 Å². The molecule has 0 saturated carbocycles. The minimum absolute atomic E-state index is 0.127. The maximum absolute atomic E-state index is 12.8. The highest BCUT2D eigenvalue weighted by Crippen LogP contribution is 2.26. The Morgan fingerprint density at radius 2 is 1.59 bits per heavy atom. The highest BCUT2D eigenvalue weighted by atomic mass is 32.2. The van der Waals surface area contributed by atoms with Gasteiger partial charge in [-0.15, -0.1) is 0 Å². The third kappa shape index (κ3) is 5.46. The zero-order valence-electron chi connectivity index (χ0n) is 16.4. The van der Waals surface area contributed by atoms with Gasteiger partial charge in [-0.05, 0) is 48.4 Å². The van der Waals surface area contributed by atoms with Crippen molar-refractivity contribution in [3.8, 4) is 0 Å². The molecule has 2 aromatic carbocycles. The molecule has 1 aromatic heterocycles. The van der Waals surface area contributed by atoms with E-state index < -0.39 is 0 Å². The monoisotopic (exact) mass is 403 g/mol. The number of carbonyl (C=O) groups excluding carboxylic acids is 1. The van der Waals surface area contributed by atoms with Crippen LogP contribution < -0.4 is 0 Å². The maximum Gasteiger partial charge on any atom is 0.253 e. The number of rotatable bonds is 6. The number of hydrogen-bond acceptors (Lipinski definition) is 4. The van der Waals surface area contributed by atoms with Crippen molar-refractivity contribution in [2.75, 3.05) is 32.7 Å². The van der Waals surface area contributed by atoms with Crippen LogP contribution >= 0.6 is 11.8 Å². The van der Waals surface area contributed by atoms with Crippen LogP contribution in [0.2, 0.25) is 0 Å². The van der Waals surface area contributed by atoms with Crippen LogP contribution in [-0.2, 0) is 6.42 Å². The van der Waals surface area contributed by atoms with Crippen LogP contribution in [-0.4, -0.2) is 53.4 Å². The summed E-state index contributed by atoms with van der Waals surface area (Å²) in [4.78, 5) is 22.7. The molecule has 0 radical (unpaired) electrons. The summed E-state index contributed by atoms with van der Waals surface area (Å²) in [5.74, 6) is 0.127. The van der Waals surface area contributed by atoms with Gasteiger partial charge in [0.1, 0.15) is 5.03 Å². The van der Waals surface area contributed by atoms with Crippen molar-refractivity contribution in [1.29, 1.82) is 0 Å². The van der Waals surface area contributed by atoms with Crippen molar-refractivity contribution in [3.05, 3.63) is 90.1 Å². The standard InChI is InChI=1S/C24H25N3OS/c28-24(21-9-11-22(12-10-21)29-23-8-4-5-14-25-23)27-18-16-26(17-19-27)15-13-20-6-2-1-3-7-20/h1-12,14H,13,15-19H2. The molecule has 0 atom stereocenters. The highest BCUT2D eigenvalue weighted by molar-refractivity contribution is 7.99. The Morgan fingerprint density at radius 1 is 0.862 bits per heavy atom. The summed E-state index contributed by atoms with van der Waals surface area (Å²) in [6.45, 7) is 4.50. The van der Waals surface area contributed by atoms with Gasteiger partial charge in [-0.25, -0.2) is 4.98 Å². The van der Waals surface area contributed by atoms with Crippen molar-refractivity contribution >= 4 is 17.7 Å². The third-order valence-electron chi connectivity index (χ3n) is 5.18. The largest absolute Gasteiger partial charge is 0.336 e. The number of pyridine rings is 1. The molecular formula is C24H25N3OS. The summed E-state index contributed by atoms with van der Waals surface area (Å²) in [6.07, 6.45) is 2.85. The zero-order chi connectivity index (χ0) is 19.9. The van der Waals surface area contributed by atoms with Gasteiger partial charge in [0.25, 0.3) is 5.91 Å². The van der Waals surface area contributed by atoms with E-state index in [1.54, 1.807) is 18.0 Å². The number of carbonyl (C=O) groups is 1. The van der Waals surface area contributed by atoms with Crippen LogP contribution in [0.1, 0.15) is 15.9 Å². The number of piperazine rings is 1. The fourth-order valence-electron chi connectivity index (χ4n) is 3.48. The van der Waals surface area contributed by atoms with Gasteiger partial charge in [-0.3, -0.25) is 9.69 Å². The molecule has 0 unspecified atom stereocenters. The van der Waals surface area contributed by atoms with Crippen molar-refractivity contribution in [2.24, 2.45) is 0 Å². The van der Waals surface area contributed by atoms with Gasteiger partial charge in [0.05, 0.1) is 0 Å². The molecule has 1 fully saturated rings. The van der Waals surface area contributed by atoms with Crippen molar-refractivity contribution in [3.63, 3.8) is 0 Å². The van der Waals surface area contributed by atoms with Crippen LogP contribution in [0.3, 0.4) is 0 Å². The van der Waals surface area contributed by atoms with Gasteiger partial charge in [0, 0.05) is 49.4 Å². The SMILES string of the molecule is O=C(c1ccc(Sc2ccccn2)cc1)N1CCN(CCc2ccccc2)CC1. The summed E-state index contributed by atoms with van der Waals surface area (Å²) in [5.41, 5.74) is 2.13. The Labute approximate surface area is 176 Å². The molecular weight excluding hydrogens is 378 g/mol. The lowest BCUT2D eigenvalue weighted by Gasteiger charge is -2.34. The average Bonchev–Trinajstić information content (AvgIpc) is 2.79. The van der Waals surface area contributed by atoms with Gasteiger partial charge in [-0.1, -0.05) is 48.2 Å². The first-order valence-electron chi connectivity index (χ1n) is 10.0. The molecule has 0 bridgehead atoms. The normalized spacial score (nSPS) is 14.7. The lowest BCUT2D eigenvalue weighted by atomic mass is 10.1. The molecule has 4 nitrogen and oxygen atoms in total. The quantitative estimate of drug-likeness (QED) is 0.617. The molecule has 0 spiro atoms. The highest BCUT2D eigenvalue weighted by Gasteiger charge is 2.21. The number of hydrogen-bond donors (Lipinski definition) is 0. The maximum atomic E-state index is 12.8. The van der Waals surface area contributed by atoms with E-state index in [4.69, 9.17) is 0 Å². The van der Waals surface area contributed by atoms with Crippen LogP contribution in [0.5, 0.6) is 0 Å². The molecule has 1 aliphatic rings. The Kier molecular flexibility index (Phi) is 6.60. The van der Waals surface area contributed by atoms with E-state index in [0.717, 1.165) is 54.6 Å². The van der Waals surface area contributed by atoms with Gasteiger partial charge in [0.2, 0.25) is 0 Å². The van der Waals surface area contributed by atoms with E-state index >= 15 is 0 Å². The molecule has 148 valence electrons. The number of aromatic nitrogens is 1. The Balaban J connectivity index is 1.27. The minimum atomic E-state index is 0.127. The molecule has 3 aromatic rings. The smallest absolute Gasteiger partial charge is 0.253 e. The fraction of sp³-hybridized carbons (Fsp3) is 0.250. The Hall–Kier alpha value is -2.63. The van der Waals surface area contributed by atoms with E-state index in [9.17, 15) is 4.79 Å². The summed E-state index contributed by atoms with van der Waals surface area (Å²) in [6, 6.07) is 24.3. The second-order valence-corrected chi connectivity index (χ2v) is 8.26. The minimum Gasteiger partial charge on any atom is -0.336 e. The van der Waals surface area contributed by atoms with Crippen LogP contribution in [0.25, 0.3) is 0 Å². The molecule has 1 amide bonds. The van der Waals surface area contributed by atoms with E-state index in [1.807, 2.05) is 47.4 Å². The lowest BCUT2D eigenvalue weighted by molar-refractivity contribution is 0.0638. The van der Waals surface area contributed by atoms with E-state index in [1.165, 1.54) is 5.56 Å². The van der Waals surface area contributed by atoms with Crippen LogP contribution in [0.15, 0.2) is 88.9 Å². The number of benzene rings is 2. The summed E-state index contributed by atoms with van der Waals surface area (Å²) in [7, 11) is 0. The molecule has 1 aliphatic heterocycles. The Bertz CT molecular complexity index is 908. The van der Waals surface area contributed by atoms with Gasteiger partial charge >= 0.3 is 0 Å². The first-order valence-corrected chi connectivity index (χ1v) is 10.8. The van der Waals surface area contributed by atoms with Crippen molar-refractivity contribution in [1.82, 2.24) is 14.8 Å². The molecule has 0 N–H and O–H groups in total. The Morgan fingerprint density at radius 3 is 2.28 bits per heavy atom. The van der Waals surface area contributed by atoms with E-state index in [0.29, 0.717) is 0 Å².